The van der Waals surface area contributed by atoms with Crippen LogP contribution in [-0.2, 0) is 11.2 Å². The number of halogens is 1. The highest BCUT2D eigenvalue weighted by Crippen LogP contribution is 2.25. The minimum Gasteiger partial charge on any atom is -0.377 e. The van der Waals surface area contributed by atoms with Crippen LogP contribution < -0.4 is 5.73 Å². The second-order valence-electron chi connectivity index (χ2n) is 3.98. The van der Waals surface area contributed by atoms with Crippen molar-refractivity contribution in [2.24, 2.45) is 5.73 Å². The van der Waals surface area contributed by atoms with Crippen LogP contribution in [0.4, 0.5) is 0 Å². The summed E-state index contributed by atoms with van der Waals surface area (Å²) in [5.41, 5.74) is 6.16. The van der Waals surface area contributed by atoms with Gasteiger partial charge in [0.1, 0.15) is 0 Å². The third-order valence-corrected chi connectivity index (χ3v) is 4.40. The maximum atomic E-state index is 6.16. The lowest BCUT2D eigenvalue weighted by Crippen LogP contribution is -2.40. The Morgan fingerprint density at radius 1 is 1.53 bits per heavy atom. The third kappa shape index (κ3) is 3.28. The molecule has 2 unspecified atom stereocenters. The maximum Gasteiger partial charge on any atom is 0.0729 e. The molecule has 2 nitrogen and oxygen atoms in total. The topological polar surface area (TPSA) is 35.2 Å². The highest BCUT2D eigenvalue weighted by atomic mass is 79.9. The van der Waals surface area contributed by atoms with E-state index in [9.17, 15) is 0 Å². The van der Waals surface area contributed by atoms with Crippen LogP contribution in [0, 0.1) is 0 Å². The summed E-state index contributed by atoms with van der Waals surface area (Å²) in [6.45, 7) is 0.881. The summed E-state index contributed by atoms with van der Waals surface area (Å²) in [7, 11) is 0. The van der Waals surface area contributed by atoms with Crippen molar-refractivity contribution >= 4 is 27.3 Å². The number of ether oxygens (including phenoxy) is 1. The lowest BCUT2D eigenvalue weighted by molar-refractivity contribution is 0.000775. The molecule has 84 valence electrons. The van der Waals surface area contributed by atoms with Gasteiger partial charge >= 0.3 is 0 Å². The van der Waals surface area contributed by atoms with Crippen molar-refractivity contribution in [3.8, 4) is 0 Å². The Hall–Kier alpha value is 0.1000. The van der Waals surface area contributed by atoms with E-state index in [2.05, 4.69) is 28.1 Å². The smallest absolute Gasteiger partial charge is 0.0729 e. The maximum absolute atomic E-state index is 6.16. The average Bonchev–Trinajstić information content (AvgIpc) is 2.65. The largest absolute Gasteiger partial charge is 0.377 e. The molecule has 2 heterocycles. The first-order chi connectivity index (χ1) is 7.25. The van der Waals surface area contributed by atoms with Crippen LogP contribution in [0.3, 0.4) is 0 Å². The number of rotatable bonds is 3. The molecule has 0 amide bonds. The number of nitrogens with two attached hydrogens (primary N) is 1. The van der Waals surface area contributed by atoms with Gasteiger partial charge in [0.15, 0.2) is 0 Å². The fourth-order valence-corrected chi connectivity index (χ4v) is 3.48. The number of hydrogen-bond acceptors (Lipinski definition) is 3. The standard InChI is InChI=1S/C11H16BrNOS/c12-11-5-4-8(15-11)7-9(13)10-3-1-2-6-14-10/h4-5,9-10H,1-3,6-7,13H2. The van der Waals surface area contributed by atoms with Crippen LogP contribution in [0.2, 0.25) is 0 Å². The first-order valence-corrected chi connectivity index (χ1v) is 6.98. The van der Waals surface area contributed by atoms with Gasteiger partial charge in [-0.1, -0.05) is 0 Å². The van der Waals surface area contributed by atoms with Gasteiger partial charge in [0, 0.05) is 17.5 Å². The van der Waals surface area contributed by atoms with Gasteiger partial charge in [0.05, 0.1) is 9.89 Å². The fourth-order valence-electron chi connectivity index (χ4n) is 1.93. The molecule has 1 fully saturated rings. The van der Waals surface area contributed by atoms with Crippen molar-refractivity contribution in [3.63, 3.8) is 0 Å². The van der Waals surface area contributed by atoms with E-state index in [1.807, 2.05) is 0 Å². The van der Waals surface area contributed by atoms with E-state index in [0.717, 1.165) is 19.4 Å². The number of thiophene rings is 1. The van der Waals surface area contributed by atoms with Gasteiger partial charge in [-0.05, 0) is 53.7 Å². The summed E-state index contributed by atoms with van der Waals surface area (Å²) < 4.78 is 6.86. The van der Waals surface area contributed by atoms with E-state index < -0.39 is 0 Å². The van der Waals surface area contributed by atoms with E-state index in [4.69, 9.17) is 10.5 Å². The molecule has 2 rings (SSSR count). The molecule has 0 aromatic carbocycles. The second kappa shape index (κ2) is 5.43. The summed E-state index contributed by atoms with van der Waals surface area (Å²) in [5.74, 6) is 0. The summed E-state index contributed by atoms with van der Waals surface area (Å²) in [6, 6.07) is 4.36. The zero-order valence-electron chi connectivity index (χ0n) is 8.62. The van der Waals surface area contributed by atoms with Crippen LogP contribution in [0.1, 0.15) is 24.1 Å². The summed E-state index contributed by atoms with van der Waals surface area (Å²) >= 11 is 5.23. The Balaban J connectivity index is 1.88. The molecule has 0 bridgehead atoms. The van der Waals surface area contributed by atoms with Gasteiger partial charge in [0.25, 0.3) is 0 Å². The minimum atomic E-state index is 0.149. The van der Waals surface area contributed by atoms with E-state index in [1.54, 1.807) is 11.3 Å². The summed E-state index contributed by atoms with van der Waals surface area (Å²) in [4.78, 5) is 1.34. The van der Waals surface area contributed by atoms with E-state index in [0.29, 0.717) is 0 Å². The van der Waals surface area contributed by atoms with E-state index >= 15 is 0 Å². The molecule has 1 saturated heterocycles. The molecule has 1 aromatic rings. The van der Waals surface area contributed by atoms with Gasteiger partial charge < -0.3 is 10.5 Å². The Bertz CT molecular complexity index is 309. The van der Waals surface area contributed by atoms with E-state index in [-0.39, 0.29) is 12.1 Å². The quantitative estimate of drug-likeness (QED) is 0.929. The molecule has 0 saturated carbocycles. The Morgan fingerprint density at radius 3 is 3.00 bits per heavy atom. The highest BCUT2D eigenvalue weighted by molar-refractivity contribution is 9.11. The average molecular weight is 290 g/mol. The molecule has 4 heteroatoms. The minimum absolute atomic E-state index is 0.149. The molecular weight excluding hydrogens is 274 g/mol. The van der Waals surface area contributed by atoms with Gasteiger partial charge in [-0.15, -0.1) is 11.3 Å². The van der Waals surface area contributed by atoms with Gasteiger partial charge in [-0.3, -0.25) is 0 Å². The molecule has 0 radical (unpaired) electrons. The fraction of sp³-hybridized carbons (Fsp3) is 0.636. The predicted molar refractivity (Wildman–Crippen MR) is 67.3 cm³/mol. The van der Waals surface area contributed by atoms with Crippen LogP contribution in [0.5, 0.6) is 0 Å². The molecule has 0 spiro atoms. The molecular formula is C11H16BrNOS. The molecule has 15 heavy (non-hydrogen) atoms. The lowest BCUT2D eigenvalue weighted by atomic mass is 10.00. The Morgan fingerprint density at radius 2 is 2.40 bits per heavy atom. The first kappa shape index (κ1) is 11.6. The Kier molecular flexibility index (Phi) is 4.20. The molecule has 2 N–H and O–H groups in total. The zero-order chi connectivity index (χ0) is 10.7. The SMILES string of the molecule is NC(Cc1ccc(Br)s1)C1CCCCO1. The van der Waals surface area contributed by atoms with Crippen LogP contribution in [0.15, 0.2) is 15.9 Å². The number of hydrogen-bond donors (Lipinski definition) is 1. The lowest BCUT2D eigenvalue weighted by Gasteiger charge is -2.27. The van der Waals surface area contributed by atoms with Crippen molar-refractivity contribution in [1.29, 1.82) is 0 Å². The first-order valence-electron chi connectivity index (χ1n) is 5.37. The van der Waals surface area contributed by atoms with Crippen molar-refractivity contribution in [1.82, 2.24) is 0 Å². The van der Waals surface area contributed by atoms with Gasteiger partial charge in [-0.25, -0.2) is 0 Å². The normalized spacial score (nSPS) is 24.0. The van der Waals surface area contributed by atoms with E-state index in [1.165, 1.54) is 21.5 Å². The second-order valence-corrected chi connectivity index (χ2v) is 6.53. The molecule has 1 aromatic heterocycles. The summed E-state index contributed by atoms with van der Waals surface area (Å²) in [5, 5.41) is 0. The zero-order valence-corrected chi connectivity index (χ0v) is 11.0. The third-order valence-electron chi connectivity index (χ3n) is 2.76. The Labute approximate surface area is 103 Å². The molecule has 1 aliphatic heterocycles. The molecule has 1 aliphatic rings. The van der Waals surface area contributed by atoms with Crippen LogP contribution in [0.25, 0.3) is 0 Å². The highest BCUT2D eigenvalue weighted by Gasteiger charge is 2.21. The molecule has 0 aliphatic carbocycles. The van der Waals surface area contributed by atoms with Crippen LogP contribution >= 0.6 is 27.3 Å². The monoisotopic (exact) mass is 289 g/mol. The van der Waals surface area contributed by atoms with Crippen molar-refractivity contribution in [3.05, 3.63) is 20.8 Å². The predicted octanol–water partition coefficient (Wildman–Crippen LogP) is 2.95. The van der Waals surface area contributed by atoms with Crippen molar-refractivity contribution in [2.75, 3.05) is 6.61 Å². The van der Waals surface area contributed by atoms with Crippen LogP contribution in [-0.4, -0.2) is 18.8 Å². The molecule has 2 atom stereocenters. The van der Waals surface area contributed by atoms with Crippen molar-refractivity contribution < 1.29 is 4.74 Å². The summed E-state index contributed by atoms with van der Waals surface area (Å²) in [6.07, 6.45) is 4.76. The van der Waals surface area contributed by atoms with Gasteiger partial charge in [0.2, 0.25) is 0 Å². The van der Waals surface area contributed by atoms with Crippen molar-refractivity contribution in [2.45, 2.75) is 37.8 Å². The van der Waals surface area contributed by atoms with Gasteiger partial charge in [-0.2, -0.15) is 0 Å².